The van der Waals surface area contributed by atoms with Gasteiger partial charge in [-0.2, -0.15) is 0 Å². The number of benzene rings is 1. The molecule has 0 unspecified atom stereocenters. The van der Waals surface area contributed by atoms with E-state index in [9.17, 15) is 9.59 Å². The summed E-state index contributed by atoms with van der Waals surface area (Å²) in [7, 11) is 5.80. The Morgan fingerprint density at radius 2 is 1.59 bits per heavy atom. The molecule has 0 N–H and O–H groups in total. The maximum absolute atomic E-state index is 13.0. The standard InChI is InChI=1S/C19H29NO7/c1-6-27-11-7-9-20(10-8-17(21)25-4)19(22)14-12-15(23-2)18(26-5)16(13-14)24-3/h12-13H,6-11H2,1-5H3. The zero-order valence-corrected chi connectivity index (χ0v) is 16.7. The Hall–Kier alpha value is -2.48. The van der Waals surface area contributed by atoms with Crippen molar-refractivity contribution < 1.29 is 33.3 Å². The minimum Gasteiger partial charge on any atom is -0.493 e. The van der Waals surface area contributed by atoms with Crippen LogP contribution in [0.15, 0.2) is 12.1 Å². The van der Waals surface area contributed by atoms with Gasteiger partial charge in [0.2, 0.25) is 5.75 Å². The van der Waals surface area contributed by atoms with Crippen molar-refractivity contribution in [3.8, 4) is 17.2 Å². The number of esters is 1. The molecule has 0 aliphatic heterocycles. The van der Waals surface area contributed by atoms with Gasteiger partial charge in [-0.05, 0) is 25.5 Å². The molecule has 1 rings (SSSR count). The molecule has 1 aromatic carbocycles. The fourth-order valence-corrected chi connectivity index (χ4v) is 2.53. The minimum absolute atomic E-state index is 0.112. The summed E-state index contributed by atoms with van der Waals surface area (Å²) in [6.45, 7) is 3.76. The van der Waals surface area contributed by atoms with Crippen LogP contribution in [0.5, 0.6) is 17.2 Å². The zero-order chi connectivity index (χ0) is 20.2. The lowest BCUT2D eigenvalue weighted by atomic mass is 10.1. The first-order chi connectivity index (χ1) is 13.0. The van der Waals surface area contributed by atoms with E-state index < -0.39 is 0 Å². The van der Waals surface area contributed by atoms with Gasteiger partial charge in [-0.3, -0.25) is 9.59 Å². The third kappa shape index (κ3) is 6.63. The van der Waals surface area contributed by atoms with E-state index in [4.69, 9.17) is 18.9 Å². The van der Waals surface area contributed by atoms with Crippen LogP contribution < -0.4 is 14.2 Å². The van der Waals surface area contributed by atoms with Crippen molar-refractivity contribution >= 4 is 11.9 Å². The average molecular weight is 383 g/mol. The number of amides is 1. The van der Waals surface area contributed by atoms with E-state index in [2.05, 4.69) is 4.74 Å². The highest BCUT2D eigenvalue weighted by Crippen LogP contribution is 2.38. The summed E-state index contributed by atoms with van der Waals surface area (Å²) in [6, 6.07) is 3.19. The SMILES string of the molecule is CCOCCCN(CCC(=O)OC)C(=O)c1cc(OC)c(OC)c(OC)c1. The van der Waals surface area contributed by atoms with Crippen molar-refractivity contribution in [3.05, 3.63) is 17.7 Å². The monoisotopic (exact) mass is 383 g/mol. The summed E-state index contributed by atoms with van der Waals surface area (Å²) in [5.74, 6) is 0.580. The number of rotatable bonds is 12. The molecule has 8 nitrogen and oxygen atoms in total. The molecule has 0 saturated carbocycles. The number of nitrogens with zero attached hydrogens (tertiary/aromatic N) is 1. The molecule has 1 aromatic rings. The Morgan fingerprint density at radius 3 is 2.07 bits per heavy atom. The van der Waals surface area contributed by atoms with Gasteiger partial charge in [0.1, 0.15) is 0 Å². The summed E-state index contributed by atoms with van der Waals surface area (Å²) >= 11 is 0. The fraction of sp³-hybridized carbons (Fsp3) is 0.579. The number of methoxy groups -OCH3 is 4. The van der Waals surface area contributed by atoms with E-state index in [1.54, 1.807) is 17.0 Å². The summed E-state index contributed by atoms with van der Waals surface area (Å²) in [5.41, 5.74) is 0.380. The Balaban J connectivity index is 3.05. The molecule has 1 amide bonds. The fourth-order valence-electron chi connectivity index (χ4n) is 2.53. The molecule has 0 saturated heterocycles. The molecule has 27 heavy (non-hydrogen) atoms. The molecule has 0 aromatic heterocycles. The van der Waals surface area contributed by atoms with E-state index in [0.717, 1.165) is 0 Å². The molecule has 0 spiro atoms. The van der Waals surface area contributed by atoms with Gasteiger partial charge >= 0.3 is 5.97 Å². The van der Waals surface area contributed by atoms with Crippen molar-refractivity contribution in [2.45, 2.75) is 19.8 Å². The Kier molecular flexibility index (Phi) is 10.0. The summed E-state index contributed by atoms with van der Waals surface area (Å²) in [5, 5.41) is 0. The smallest absolute Gasteiger partial charge is 0.307 e. The van der Waals surface area contributed by atoms with E-state index >= 15 is 0 Å². The molecule has 152 valence electrons. The van der Waals surface area contributed by atoms with E-state index in [1.807, 2.05) is 6.92 Å². The van der Waals surface area contributed by atoms with Crippen LogP contribution in [-0.4, -0.2) is 71.5 Å². The summed E-state index contributed by atoms with van der Waals surface area (Å²) in [6.07, 6.45) is 0.770. The topological polar surface area (TPSA) is 83.5 Å². The van der Waals surface area contributed by atoms with Crippen LogP contribution in [0.1, 0.15) is 30.1 Å². The van der Waals surface area contributed by atoms with Gasteiger partial charge in [0, 0.05) is 31.9 Å². The lowest BCUT2D eigenvalue weighted by Gasteiger charge is -2.23. The Bertz CT molecular complexity index is 593. The first kappa shape index (κ1) is 22.6. The molecular weight excluding hydrogens is 354 g/mol. The first-order valence-electron chi connectivity index (χ1n) is 8.76. The van der Waals surface area contributed by atoms with E-state index in [1.165, 1.54) is 28.4 Å². The number of hydrogen-bond donors (Lipinski definition) is 0. The first-order valence-corrected chi connectivity index (χ1v) is 8.76. The molecular formula is C19H29NO7. The largest absolute Gasteiger partial charge is 0.493 e. The van der Waals surface area contributed by atoms with Gasteiger partial charge < -0.3 is 28.6 Å². The minimum atomic E-state index is -0.373. The van der Waals surface area contributed by atoms with Crippen LogP contribution in [-0.2, 0) is 14.3 Å². The molecule has 0 heterocycles. The number of hydrogen-bond acceptors (Lipinski definition) is 7. The highest BCUT2D eigenvalue weighted by Gasteiger charge is 2.21. The molecule has 0 aliphatic rings. The van der Waals surface area contributed by atoms with Crippen molar-refractivity contribution in [2.24, 2.45) is 0 Å². The van der Waals surface area contributed by atoms with E-state index in [-0.39, 0.29) is 24.8 Å². The number of carbonyl (C=O) groups excluding carboxylic acids is 2. The highest BCUT2D eigenvalue weighted by atomic mass is 16.5. The van der Waals surface area contributed by atoms with Gasteiger partial charge in [-0.25, -0.2) is 0 Å². The molecule has 0 radical (unpaired) electrons. The van der Waals surface area contributed by atoms with Gasteiger partial charge in [0.25, 0.3) is 5.91 Å². The molecule has 0 atom stereocenters. The summed E-state index contributed by atoms with van der Waals surface area (Å²) in [4.78, 5) is 26.1. The van der Waals surface area contributed by atoms with Gasteiger partial charge in [-0.1, -0.05) is 0 Å². The maximum atomic E-state index is 13.0. The Labute approximate surface area is 160 Å². The van der Waals surface area contributed by atoms with Gasteiger partial charge in [-0.15, -0.1) is 0 Å². The predicted octanol–water partition coefficient (Wildman–Crippen LogP) is 2.14. The van der Waals surface area contributed by atoms with Crippen LogP contribution in [0.2, 0.25) is 0 Å². The third-order valence-corrected chi connectivity index (χ3v) is 3.93. The second kappa shape index (κ2) is 12.0. The van der Waals surface area contributed by atoms with Crippen molar-refractivity contribution in [3.63, 3.8) is 0 Å². The maximum Gasteiger partial charge on any atom is 0.307 e. The lowest BCUT2D eigenvalue weighted by Crippen LogP contribution is -2.34. The molecule has 0 fully saturated rings. The van der Waals surface area contributed by atoms with E-state index in [0.29, 0.717) is 49.0 Å². The van der Waals surface area contributed by atoms with Crippen LogP contribution >= 0.6 is 0 Å². The normalized spacial score (nSPS) is 10.3. The van der Waals surface area contributed by atoms with Crippen LogP contribution in [0, 0.1) is 0 Å². The predicted molar refractivity (Wildman–Crippen MR) is 99.7 cm³/mol. The zero-order valence-electron chi connectivity index (χ0n) is 16.7. The molecule has 0 bridgehead atoms. The highest BCUT2D eigenvalue weighted by molar-refractivity contribution is 5.95. The second-order valence-electron chi connectivity index (χ2n) is 5.58. The van der Waals surface area contributed by atoms with Crippen LogP contribution in [0.3, 0.4) is 0 Å². The lowest BCUT2D eigenvalue weighted by molar-refractivity contribution is -0.140. The number of ether oxygens (including phenoxy) is 5. The van der Waals surface area contributed by atoms with Crippen molar-refractivity contribution in [2.75, 3.05) is 54.7 Å². The quantitative estimate of drug-likeness (QED) is 0.404. The van der Waals surface area contributed by atoms with Crippen molar-refractivity contribution in [1.82, 2.24) is 4.90 Å². The number of carbonyl (C=O) groups is 2. The van der Waals surface area contributed by atoms with Crippen LogP contribution in [0.25, 0.3) is 0 Å². The van der Waals surface area contributed by atoms with Crippen LogP contribution in [0.4, 0.5) is 0 Å². The van der Waals surface area contributed by atoms with Gasteiger partial charge in [0.05, 0.1) is 34.9 Å². The third-order valence-electron chi connectivity index (χ3n) is 3.93. The van der Waals surface area contributed by atoms with Crippen molar-refractivity contribution in [1.29, 1.82) is 0 Å². The molecule has 0 aliphatic carbocycles. The molecule has 8 heteroatoms. The average Bonchev–Trinajstić information content (AvgIpc) is 2.71. The van der Waals surface area contributed by atoms with Gasteiger partial charge in [0.15, 0.2) is 11.5 Å². The Morgan fingerprint density at radius 1 is 0.963 bits per heavy atom. The second-order valence-corrected chi connectivity index (χ2v) is 5.58. The summed E-state index contributed by atoms with van der Waals surface area (Å²) < 4.78 is 25.9.